The van der Waals surface area contributed by atoms with Crippen molar-refractivity contribution in [2.24, 2.45) is 0 Å². The van der Waals surface area contributed by atoms with Crippen LogP contribution in [0.2, 0.25) is 0 Å². The summed E-state index contributed by atoms with van der Waals surface area (Å²) in [5.74, 6) is -1.14. The van der Waals surface area contributed by atoms with Gasteiger partial charge in [0.05, 0.1) is 16.6 Å². The van der Waals surface area contributed by atoms with Crippen molar-refractivity contribution in [1.82, 2.24) is 14.9 Å². The highest BCUT2D eigenvalue weighted by Gasteiger charge is 2.31. The molecule has 2 aliphatic rings. The fourth-order valence-corrected chi connectivity index (χ4v) is 3.15. The zero-order valence-corrected chi connectivity index (χ0v) is 13.3. The number of aromatic nitrogens is 2. The van der Waals surface area contributed by atoms with Gasteiger partial charge in [-0.3, -0.25) is 4.79 Å². The highest BCUT2D eigenvalue weighted by atomic mass is 79.9. The smallest absolute Gasteiger partial charge is 0.372 e. The number of hydrogen-bond donors (Lipinski definition) is 2. The van der Waals surface area contributed by atoms with Gasteiger partial charge in [0.1, 0.15) is 0 Å². The summed E-state index contributed by atoms with van der Waals surface area (Å²) >= 11 is 3.43. The molecule has 6 nitrogen and oxygen atoms in total. The van der Waals surface area contributed by atoms with Gasteiger partial charge in [0.15, 0.2) is 0 Å². The molecule has 7 heteroatoms. The number of carboxylic acid groups (broad SMARTS) is 1. The molecule has 0 radical (unpaired) electrons. The van der Waals surface area contributed by atoms with Crippen molar-refractivity contribution < 1.29 is 14.7 Å². The molecule has 2 aliphatic carbocycles. The lowest BCUT2D eigenvalue weighted by atomic mass is 10.2. The van der Waals surface area contributed by atoms with Crippen molar-refractivity contribution in [3.63, 3.8) is 0 Å². The molecule has 2 fully saturated rings. The molecule has 0 bridgehead atoms. The van der Waals surface area contributed by atoms with Crippen molar-refractivity contribution >= 4 is 38.8 Å². The summed E-state index contributed by atoms with van der Waals surface area (Å²) in [5, 5.41) is 12.3. The number of halogens is 1. The first-order chi connectivity index (χ1) is 10.5. The maximum atomic E-state index is 12.2. The Morgan fingerprint density at radius 3 is 2.59 bits per heavy atom. The standard InChI is InChI=1S/C15H14BrN3O3/c16-10-6-12-11(5-9(10)14(20)17-7-1-2-7)18-13(15(21)22)19(12)8-3-4-8/h5-8H,1-4H2,(H,17,20)(H,21,22). The number of carbonyl (C=O) groups excluding carboxylic acids is 1. The number of aromatic carboxylic acids is 1. The van der Waals surface area contributed by atoms with Gasteiger partial charge in [-0.15, -0.1) is 0 Å². The number of carbonyl (C=O) groups is 2. The highest BCUT2D eigenvalue weighted by Crippen LogP contribution is 2.39. The fraction of sp³-hybridized carbons (Fsp3) is 0.400. The van der Waals surface area contributed by atoms with Gasteiger partial charge in [0, 0.05) is 16.6 Å². The van der Waals surface area contributed by atoms with Gasteiger partial charge in [-0.2, -0.15) is 0 Å². The minimum Gasteiger partial charge on any atom is -0.475 e. The quantitative estimate of drug-likeness (QED) is 0.874. The average Bonchev–Trinajstić information content (AvgIpc) is 3.37. The lowest BCUT2D eigenvalue weighted by Gasteiger charge is -2.08. The molecule has 2 N–H and O–H groups in total. The summed E-state index contributed by atoms with van der Waals surface area (Å²) < 4.78 is 2.43. The topological polar surface area (TPSA) is 84.2 Å². The van der Waals surface area contributed by atoms with Crippen molar-refractivity contribution in [3.05, 3.63) is 28.0 Å². The van der Waals surface area contributed by atoms with Crippen LogP contribution in [-0.2, 0) is 0 Å². The summed E-state index contributed by atoms with van der Waals surface area (Å²) in [7, 11) is 0. The number of carboxylic acids is 1. The number of nitrogens with one attached hydrogen (secondary N) is 1. The number of amides is 1. The first kappa shape index (κ1) is 13.8. The number of fused-ring (bicyclic) bond motifs is 1. The Labute approximate surface area is 134 Å². The van der Waals surface area contributed by atoms with Crippen LogP contribution < -0.4 is 5.32 Å². The molecule has 2 aromatic rings. The molecular formula is C15H14BrN3O3. The van der Waals surface area contributed by atoms with Crippen LogP contribution in [0.15, 0.2) is 16.6 Å². The third-order valence-electron chi connectivity index (χ3n) is 4.04. The fourth-order valence-electron chi connectivity index (χ4n) is 2.63. The molecule has 22 heavy (non-hydrogen) atoms. The van der Waals surface area contributed by atoms with Crippen LogP contribution in [0.3, 0.4) is 0 Å². The van der Waals surface area contributed by atoms with E-state index in [1.54, 1.807) is 16.7 Å². The number of nitrogens with zero attached hydrogens (tertiary/aromatic N) is 2. The van der Waals surface area contributed by atoms with Crippen LogP contribution in [0.25, 0.3) is 11.0 Å². The highest BCUT2D eigenvalue weighted by molar-refractivity contribution is 9.10. The Morgan fingerprint density at radius 1 is 1.27 bits per heavy atom. The molecule has 0 unspecified atom stereocenters. The van der Waals surface area contributed by atoms with Gasteiger partial charge in [-0.05, 0) is 53.7 Å². The van der Waals surface area contributed by atoms with Gasteiger partial charge in [-0.25, -0.2) is 9.78 Å². The maximum Gasteiger partial charge on any atom is 0.372 e. The molecule has 0 atom stereocenters. The van der Waals surface area contributed by atoms with Crippen molar-refractivity contribution in [1.29, 1.82) is 0 Å². The van der Waals surface area contributed by atoms with Gasteiger partial charge in [0.2, 0.25) is 5.82 Å². The van der Waals surface area contributed by atoms with E-state index in [1.165, 1.54) is 0 Å². The predicted octanol–water partition coefficient (Wildman–Crippen LogP) is 2.72. The first-order valence-corrected chi connectivity index (χ1v) is 8.09. The molecule has 0 spiro atoms. The minimum atomic E-state index is -1.04. The molecular weight excluding hydrogens is 350 g/mol. The Balaban J connectivity index is 1.83. The number of imidazole rings is 1. The normalized spacial score (nSPS) is 17.7. The second-order valence-electron chi connectivity index (χ2n) is 5.91. The Hall–Kier alpha value is -1.89. The third-order valence-corrected chi connectivity index (χ3v) is 4.69. The summed E-state index contributed by atoms with van der Waals surface area (Å²) in [4.78, 5) is 27.9. The SMILES string of the molecule is O=C(NC1CC1)c1cc2nc(C(=O)O)n(C3CC3)c2cc1Br. The number of hydrogen-bond acceptors (Lipinski definition) is 3. The summed E-state index contributed by atoms with van der Waals surface area (Å²) in [6, 6.07) is 3.94. The van der Waals surface area contributed by atoms with Gasteiger partial charge in [-0.1, -0.05) is 0 Å². The average molecular weight is 364 g/mol. The molecule has 114 valence electrons. The van der Waals surface area contributed by atoms with E-state index in [2.05, 4.69) is 26.2 Å². The van der Waals surface area contributed by atoms with E-state index in [1.807, 2.05) is 0 Å². The van der Waals surface area contributed by atoms with Crippen molar-refractivity contribution in [2.75, 3.05) is 0 Å². The number of rotatable bonds is 4. The molecule has 1 aromatic carbocycles. The second kappa shape index (κ2) is 4.81. The summed E-state index contributed by atoms with van der Waals surface area (Å²) in [6.45, 7) is 0. The molecule has 1 heterocycles. The van der Waals surface area contributed by atoms with E-state index >= 15 is 0 Å². The first-order valence-electron chi connectivity index (χ1n) is 7.30. The zero-order chi connectivity index (χ0) is 15.4. The van der Waals surface area contributed by atoms with E-state index in [9.17, 15) is 14.7 Å². The van der Waals surface area contributed by atoms with E-state index in [0.717, 1.165) is 31.2 Å². The summed E-state index contributed by atoms with van der Waals surface area (Å²) in [5.41, 5.74) is 1.81. The summed E-state index contributed by atoms with van der Waals surface area (Å²) in [6.07, 6.45) is 3.97. The minimum absolute atomic E-state index is 0.0455. The Morgan fingerprint density at radius 2 is 2.00 bits per heavy atom. The van der Waals surface area contributed by atoms with Crippen LogP contribution in [0.5, 0.6) is 0 Å². The maximum absolute atomic E-state index is 12.2. The third kappa shape index (κ3) is 2.29. The van der Waals surface area contributed by atoms with E-state index in [0.29, 0.717) is 15.6 Å². The van der Waals surface area contributed by atoms with Crippen molar-refractivity contribution in [3.8, 4) is 0 Å². The van der Waals surface area contributed by atoms with Gasteiger partial charge in [0.25, 0.3) is 5.91 Å². The van der Waals surface area contributed by atoms with Crippen LogP contribution in [-0.4, -0.2) is 32.6 Å². The molecule has 1 aromatic heterocycles. The van der Waals surface area contributed by atoms with Gasteiger partial charge < -0.3 is 15.0 Å². The Bertz CT molecular complexity index is 806. The molecule has 4 rings (SSSR count). The molecule has 2 saturated carbocycles. The monoisotopic (exact) mass is 363 g/mol. The van der Waals surface area contributed by atoms with E-state index < -0.39 is 5.97 Å². The van der Waals surface area contributed by atoms with E-state index in [-0.39, 0.29) is 23.8 Å². The lowest BCUT2D eigenvalue weighted by Crippen LogP contribution is -2.25. The molecule has 0 aliphatic heterocycles. The lowest BCUT2D eigenvalue weighted by molar-refractivity contribution is 0.0678. The zero-order valence-electron chi connectivity index (χ0n) is 11.7. The van der Waals surface area contributed by atoms with E-state index in [4.69, 9.17) is 0 Å². The number of benzene rings is 1. The predicted molar refractivity (Wildman–Crippen MR) is 83.2 cm³/mol. The molecule has 0 saturated heterocycles. The Kier molecular flexibility index (Phi) is 3.00. The largest absolute Gasteiger partial charge is 0.475 e. The van der Waals surface area contributed by atoms with Crippen LogP contribution >= 0.6 is 15.9 Å². The van der Waals surface area contributed by atoms with Crippen molar-refractivity contribution in [2.45, 2.75) is 37.8 Å². The van der Waals surface area contributed by atoms with Crippen LogP contribution in [0.4, 0.5) is 0 Å². The van der Waals surface area contributed by atoms with Gasteiger partial charge >= 0.3 is 5.97 Å². The van der Waals surface area contributed by atoms with Crippen LogP contribution in [0, 0.1) is 0 Å². The molecule has 1 amide bonds. The van der Waals surface area contributed by atoms with Crippen LogP contribution in [0.1, 0.15) is 52.7 Å². The second-order valence-corrected chi connectivity index (χ2v) is 6.76.